The van der Waals surface area contributed by atoms with Crippen LogP contribution >= 0.6 is 0 Å². The van der Waals surface area contributed by atoms with Crippen LogP contribution in [0.25, 0.3) is 10.9 Å². The molecule has 0 saturated carbocycles. The summed E-state index contributed by atoms with van der Waals surface area (Å²) in [5.74, 6) is -0.695. The van der Waals surface area contributed by atoms with Gasteiger partial charge in [0, 0.05) is 28.8 Å². The predicted octanol–water partition coefficient (Wildman–Crippen LogP) is 3.69. The quantitative estimate of drug-likeness (QED) is 0.734. The Balaban J connectivity index is 1.54. The Morgan fingerprint density at radius 3 is 2.73 bits per heavy atom. The molecule has 0 aliphatic carbocycles. The van der Waals surface area contributed by atoms with E-state index in [2.05, 4.69) is 4.98 Å². The van der Waals surface area contributed by atoms with Crippen molar-refractivity contribution >= 4 is 28.5 Å². The Labute approximate surface area is 151 Å². The largest absolute Gasteiger partial charge is 0.449 e. The second-order valence-electron chi connectivity index (χ2n) is 6.69. The van der Waals surface area contributed by atoms with Crippen LogP contribution in [-0.2, 0) is 16.0 Å². The van der Waals surface area contributed by atoms with Gasteiger partial charge in [0.05, 0.1) is 5.56 Å². The van der Waals surface area contributed by atoms with E-state index in [1.54, 1.807) is 18.0 Å². The lowest BCUT2D eigenvalue weighted by molar-refractivity contribution is -0.126. The van der Waals surface area contributed by atoms with Crippen LogP contribution in [0.4, 0.5) is 5.69 Å². The van der Waals surface area contributed by atoms with Crippen LogP contribution < -0.4 is 4.90 Å². The number of carbonyl (C=O) groups excluding carboxylic acids is 2. The molecule has 2 aromatic carbocycles. The van der Waals surface area contributed by atoms with Crippen LogP contribution in [0.2, 0.25) is 0 Å². The van der Waals surface area contributed by atoms with Crippen LogP contribution in [0.1, 0.15) is 29.8 Å². The number of rotatable bonds is 3. The molecule has 0 saturated heterocycles. The lowest BCUT2D eigenvalue weighted by atomic mass is 10.1. The van der Waals surface area contributed by atoms with E-state index in [1.165, 1.54) is 0 Å². The average Bonchev–Trinajstić information content (AvgIpc) is 3.21. The monoisotopic (exact) mass is 348 g/mol. The van der Waals surface area contributed by atoms with Gasteiger partial charge in [0.1, 0.15) is 0 Å². The maximum atomic E-state index is 12.9. The molecule has 1 aliphatic heterocycles. The molecule has 2 atom stereocenters. The van der Waals surface area contributed by atoms with E-state index in [-0.39, 0.29) is 11.9 Å². The minimum Gasteiger partial charge on any atom is -0.449 e. The summed E-state index contributed by atoms with van der Waals surface area (Å²) in [5, 5.41) is 0.789. The van der Waals surface area contributed by atoms with Crippen LogP contribution in [0.5, 0.6) is 0 Å². The van der Waals surface area contributed by atoms with Gasteiger partial charge in [-0.3, -0.25) is 4.79 Å². The molecule has 3 aromatic rings. The normalized spacial score (nSPS) is 17.2. The number of hydrogen-bond acceptors (Lipinski definition) is 3. The SMILES string of the molecule is C[C@@H](OC(=O)c1c[nH]c2ccccc12)C(=O)N1c2ccccc2C[C@@H]1C. The number of esters is 1. The van der Waals surface area contributed by atoms with Crippen molar-refractivity contribution in [3.05, 3.63) is 65.9 Å². The number of H-pyrrole nitrogens is 1. The van der Waals surface area contributed by atoms with E-state index in [0.29, 0.717) is 5.56 Å². The number of ether oxygens (including phenoxy) is 1. The Hall–Kier alpha value is -3.08. The van der Waals surface area contributed by atoms with Crippen LogP contribution in [0.15, 0.2) is 54.7 Å². The lowest BCUT2D eigenvalue weighted by Crippen LogP contribution is -2.43. The van der Waals surface area contributed by atoms with Gasteiger partial charge in [-0.25, -0.2) is 4.79 Å². The highest BCUT2D eigenvalue weighted by molar-refractivity contribution is 6.06. The van der Waals surface area contributed by atoms with E-state index >= 15 is 0 Å². The molecule has 132 valence electrons. The molecule has 5 heteroatoms. The van der Waals surface area contributed by atoms with Crippen LogP contribution in [-0.4, -0.2) is 29.0 Å². The molecule has 0 spiro atoms. The summed E-state index contributed by atoms with van der Waals surface area (Å²) in [6.07, 6.45) is 1.58. The molecule has 1 N–H and O–H groups in total. The van der Waals surface area contributed by atoms with Gasteiger partial charge in [-0.2, -0.15) is 0 Å². The van der Waals surface area contributed by atoms with E-state index in [0.717, 1.165) is 28.6 Å². The standard InChI is InChI=1S/C21H20N2O3/c1-13-11-15-7-3-6-10-19(15)23(13)20(24)14(2)26-21(25)17-12-22-18-9-5-4-8-16(17)18/h3-10,12-14,22H,11H2,1-2H3/t13-,14+/m0/s1. The summed E-state index contributed by atoms with van der Waals surface area (Å²) in [4.78, 5) is 30.3. The molecule has 1 aromatic heterocycles. The topological polar surface area (TPSA) is 62.4 Å². The third kappa shape index (κ3) is 2.65. The molecule has 4 rings (SSSR count). The van der Waals surface area contributed by atoms with Gasteiger partial charge in [0.15, 0.2) is 6.10 Å². The van der Waals surface area contributed by atoms with Crippen molar-refractivity contribution in [1.82, 2.24) is 4.98 Å². The molecule has 0 bridgehead atoms. The first-order valence-corrected chi connectivity index (χ1v) is 8.74. The number of amides is 1. The summed E-state index contributed by atoms with van der Waals surface area (Å²) in [7, 11) is 0. The first kappa shape index (κ1) is 16.4. The van der Waals surface area contributed by atoms with Gasteiger partial charge in [-0.15, -0.1) is 0 Å². The Morgan fingerprint density at radius 2 is 1.88 bits per heavy atom. The number of nitrogens with zero attached hydrogens (tertiary/aromatic N) is 1. The highest BCUT2D eigenvalue weighted by atomic mass is 16.5. The fraction of sp³-hybridized carbons (Fsp3) is 0.238. The number of aromatic amines is 1. The number of aromatic nitrogens is 1. The molecule has 0 unspecified atom stereocenters. The lowest BCUT2D eigenvalue weighted by Gasteiger charge is -2.25. The molecular formula is C21H20N2O3. The van der Waals surface area contributed by atoms with Crippen molar-refractivity contribution in [2.75, 3.05) is 4.90 Å². The van der Waals surface area contributed by atoms with Crippen molar-refractivity contribution in [3.8, 4) is 0 Å². The summed E-state index contributed by atoms with van der Waals surface area (Å²) in [6.45, 7) is 3.63. The van der Waals surface area contributed by atoms with Crippen LogP contribution in [0.3, 0.4) is 0 Å². The molecule has 1 aliphatic rings. The molecule has 5 nitrogen and oxygen atoms in total. The smallest absolute Gasteiger partial charge is 0.341 e. The van der Waals surface area contributed by atoms with E-state index < -0.39 is 12.1 Å². The number of fused-ring (bicyclic) bond motifs is 2. The third-order valence-electron chi connectivity index (χ3n) is 4.89. The number of para-hydroxylation sites is 2. The van der Waals surface area contributed by atoms with Crippen molar-refractivity contribution in [2.45, 2.75) is 32.4 Å². The molecule has 1 amide bonds. The highest BCUT2D eigenvalue weighted by Crippen LogP contribution is 2.32. The Morgan fingerprint density at radius 1 is 1.15 bits per heavy atom. The van der Waals surface area contributed by atoms with Gasteiger partial charge in [-0.05, 0) is 38.0 Å². The highest BCUT2D eigenvalue weighted by Gasteiger charge is 2.34. The average molecular weight is 348 g/mol. The number of nitrogens with one attached hydrogen (secondary N) is 1. The van der Waals surface area contributed by atoms with Gasteiger partial charge in [-0.1, -0.05) is 36.4 Å². The van der Waals surface area contributed by atoms with Gasteiger partial charge in [0.2, 0.25) is 0 Å². The summed E-state index contributed by atoms with van der Waals surface area (Å²) < 4.78 is 5.49. The molecule has 0 fully saturated rings. The first-order valence-electron chi connectivity index (χ1n) is 8.74. The van der Waals surface area contributed by atoms with Gasteiger partial charge >= 0.3 is 5.97 Å². The van der Waals surface area contributed by atoms with Crippen LogP contribution in [0, 0.1) is 0 Å². The van der Waals surface area contributed by atoms with Crippen molar-refractivity contribution in [2.24, 2.45) is 0 Å². The minimum atomic E-state index is -0.857. The van der Waals surface area contributed by atoms with E-state index in [4.69, 9.17) is 4.74 Å². The van der Waals surface area contributed by atoms with E-state index in [9.17, 15) is 9.59 Å². The number of hydrogen-bond donors (Lipinski definition) is 1. The van der Waals surface area contributed by atoms with Gasteiger partial charge in [0.25, 0.3) is 5.91 Å². The summed E-state index contributed by atoms with van der Waals surface area (Å²) >= 11 is 0. The number of benzene rings is 2. The zero-order valence-electron chi connectivity index (χ0n) is 14.7. The second kappa shape index (κ2) is 6.33. The van der Waals surface area contributed by atoms with E-state index in [1.807, 2.05) is 55.5 Å². The second-order valence-corrected chi connectivity index (χ2v) is 6.69. The molecule has 2 heterocycles. The molecule has 26 heavy (non-hydrogen) atoms. The molecular weight excluding hydrogens is 328 g/mol. The maximum Gasteiger partial charge on any atom is 0.341 e. The Kier molecular flexibility index (Phi) is 3.99. The zero-order valence-corrected chi connectivity index (χ0v) is 14.7. The van der Waals surface area contributed by atoms with Crippen molar-refractivity contribution in [1.29, 1.82) is 0 Å². The first-order chi connectivity index (χ1) is 12.6. The Bertz CT molecular complexity index is 992. The van der Waals surface area contributed by atoms with Crippen molar-refractivity contribution < 1.29 is 14.3 Å². The predicted molar refractivity (Wildman–Crippen MR) is 100 cm³/mol. The fourth-order valence-corrected chi connectivity index (χ4v) is 3.61. The van der Waals surface area contributed by atoms with Gasteiger partial charge < -0.3 is 14.6 Å². The third-order valence-corrected chi connectivity index (χ3v) is 4.89. The zero-order chi connectivity index (χ0) is 18.3. The summed E-state index contributed by atoms with van der Waals surface area (Å²) in [5.41, 5.74) is 3.35. The fourth-order valence-electron chi connectivity index (χ4n) is 3.61. The minimum absolute atomic E-state index is 0.0501. The molecule has 0 radical (unpaired) electrons. The number of anilines is 1. The number of carbonyl (C=O) groups is 2. The summed E-state index contributed by atoms with van der Waals surface area (Å²) in [6, 6.07) is 15.4. The maximum absolute atomic E-state index is 12.9. The van der Waals surface area contributed by atoms with Crippen molar-refractivity contribution in [3.63, 3.8) is 0 Å².